The van der Waals surface area contributed by atoms with Crippen LogP contribution in [0.25, 0.3) is 0 Å². The van der Waals surface area contributed by atoms with E-state index in [0.717, 1.165) is 30.5 Å². The first kappa shape index (κ1) is 21.7. The lowest BCUT2D eigenvalue weighted by Gasteiger charge is -2.39. The van der Waals surface area contributed by atoms with Crippen molar-refractivity contribution < 1.29 is 19.2 Å². The highest BCUT2D eigenvalue weighted by atomic mass is 16.7. The van der Waals surface area contributed by atoms with Crippen LogP contribution in [0.1, 0.15) is 38.7 Å². The number of carbonyl (C=O) groups is 2. The maximum Gasteiger partial charge on any atom is 0.262 e. The summed E-state index contributed by atoms with van der Waals surface area (Å²) >= 11 is 0. The summed E-state index contributed by atoms with van der Waals surface area (Å²) in [6.45, 7) is 4.55. The predicted octanol–water partition coefficient (Wildman–Crippen LogP) is 4.47. The van der Waals surface area contributed by atoms with Crippen LogP contribution in [0.15, 0.2) is 72.5 Å². The van der Waals surface area contributed by atoms with Crippen LogP contribution in [0.5, 0.6) is 0 Å². The molecule has 3 heterocycles. The number of amides is 2. The Morgan fingerprint density at radius 3 is 2.30 bits per heavy atom. The highest BCUT2D eigenvalue weighted by Crippen LogP contribution is 2.44. The fourth-order valence-electron chi connectivity index (χ4n) is 5.32. The molecule has 0 saturated carbocycles. The van der Waals surface area contributed by atoms with Crippen molar-refractivity contribution in [3.05, 3.63) is 78.1 Å². The van der Waals surface area contributed by atoms with E-state index in [9.17, 15) is 9.59 Å². The molecule has 6 heteroatoms. The molecule has 33 heavy (non-hydrogen) atoms. The number of anilines is 1. The second-order valence-corrected chi connectivity index (χ2v) is 9.05. The van der Waals surface area contributed by atoms with Crippen LogP contribution >= 0.6 is 0 Å². The molecule has 0 N–H and O–H groups in total. The Morgan fingerprint density at radius 2 is 1.64 bits per heavy atom. The molecule has 6 nitrogen and oxygen atoms in total. The van der Waals surface area contributed by atoms with Gasteiger partial charge in [0.15, 0.2) is 6.10 Å². The number of hydrogen-bond donors (Lipinski definition) is 0. The average molecular weight is 447 g/mol. The van der Waals surface area contributed by atoms with Crippen molar-refractivity contribution >= 4 is 17.5 Å². The van der Waals surface area contributed by atoms with Gasteiger partial charge < -0.3 is 4.74 Å². The van der Waals surface area contributed by atoms with Gasteiger partial charge in [-0.2, -0.15) is 0 Å². The van der Waals surface area contributed by atoms with Crippen molar-refractivity contribution in [2.45, 2.75) is 57.9 Å². The van der Waals surface area contributed by atoms with Gasteiger partial charge in [-0.1, -0.05) is 62.4 Å². The monoisotopic (exact) mass is 446 g/mol. The smallest absolute Gasteiger partial charge is 0.262 e. The van der Waals surface area contributed by atoms with Gasteiger partial charge in [-0.05, 0) is 42.5 Å². The Labute approximate surface area is 194 Å². The summed E-state index contributed by atoms with van der Waals surface area (Å²) in [5, 5.41) is 1.77. The van der Waals surface area contributed by atoms with Crippen molar-refractivity contribution in [2.75, 3.05) is 5.06 Å². The number of rotatable bonds is 6. The van der Waals surface area contributed by atoms with E-state index in [1.807, 2.05) is 66.9 Å². The van der Waals surface area contributed by atoms with Crippen LogP contribution in [0.2, 0.25) is 0 Å². The van der Waals surface area contributed by atoms with Gasteiger partial charge in [0.05, 0.1) is 18.5 Å². The number of allylic oxidation sites excluding steroid dienone is 1. The molecule has 2 amide bonds. The SMILES string of the molecule is CCC1=CO[C@H]([C@@H]2[C@@H]3C(=O)N(Cc4ccccc4)C(=O)[C@@H]3ON2c2ccccc2)[C@@H](CC)C1. The van der Waals surface area contributed by atoms with Crippen molar-refractivity contribution in [1.29, 1.82) is 0 Å². The number of benzene rings is 2. The molecule has 5 rings (SSSR count). The maximum atomic E-state index is 13.7. The van der Waals surface area contributed by atoms with Crippen molar-refractivity contribution in [1.82, 2.24) is 4.90 Å². The predicted molar refractivity (Wildman–Crippen MR) is 125 cm³/mol. The summed E-state index contributed by atoms with van der Waals surface area (Å²) in [6.07, 6.45) is 3.59. The minimum Gasteiger partial charge on any atom is -0.495 e. The van der Waals surface area contributed by atoms with Crippen LogP contribution < -0.4 is 5.06 Å². The topological polar surface area (TPSA) is 59.1 Å². The zero-order valence-electron chi connectivity index (χ0n) is 19.1. The minimum atomic E-state index is -0.830. The zero-order valence-corrected chi connectivity index (χ0v) is 19.1. The normalized spacial score (nSPS) is 29.2. The van der Waals surface area contributed by atoms with E-state index in [0.29, 0.717) is 0 Å². The average Bonchev–Trinajstić information content (AvgIpc) is 3.36. The molecule has 3 aliphatic heterocycles. The van der Waals surface area contributed by atoms with E-state index < -0.39 is 12.0 Å². The Bertz CT molecular complexity index is 1040. The Kier molecular flexibility index (Phi) is 5.94. The molecule has 2 fully saturated rings. The lowest BCUT2D eigenvalue weighted by atomic mass is 9.80. The van der Waals surface area contributed by atoms with Gasteiger partial charge in [0.2, 0.25) is 5.91 Å². The molecule has 0 aromatic heterocycles. The van der Waals surface area contributed by atoms with E-state index >= 15 is 0 Å². The Balaban J connectivity index is 1.50. The molecule has 0 spiro atoms. The quantitative estimate of drug-likeness (QED) is 0.613. The van der Waals surface area contributed by atoms with E-state index in [4.69, 9.17) is 9.57 Å². The summed E-state index contributed by atoms with van der Waals surface area (Å²) in [7, 11) is 0. The number of imide groups is 1. The molecular weight excluding hydrogens is 416 g/mol. The van der Waals surface area contributed by atoms with Crippen LogP contribution in [-0.2, 0) is 25.7 Å². The van der Waals surface area contributed by atoms with Gasteiger partial charge >= 0.3 is 0 Å². The minimum absolute atomic E-state index is 0.180. The fourth-order valence-corrected chi connectivity index (χ4v) is 5.32. The van der Waals surface area contributed by atoms with Crippen molar-refractivity contribution in [3.8, 4) is 0 Å². The molecule has 2 saturated heterocycles. The molecule has 0 radical (unpaired) electrons. The first-order valence-electron chi connectivity index (χ1n) is 11.9. The second-order valence-electron chi connectivity index (χ2n) is 9.05. The fraction of sp³-hybridized carbons (Fsp3) is 0.407. The molecule has 172 valence electrons. The number of para-hydroxylation sites is 1. The molecule has 0 unspecified atom stereocenters. The lowest BCUT2D eigenvalue weighted by molar-refractivity contribution is -0.144. The van der Waals surface area contributed by atoms with Crippen LogP contribution in [0.4, 0.5) is 5.69 Å². The summed E-state index contributed by atoms with van der Waals surface area (Å²) in [5.41, 5.74) is 3.03. The highest BCUT2D eigenvalue weighted by Gasteiger charge is 2.62. The van der Waals surface area contributed by atoms with Gasteiger partial charge in [-0.3, -0.25) is 19.3 Å². The van der Waals surface area contributed by atoms with Crippen molar-refractivity contribution in [3.63, 3.8) is 0 Å². The van der Waals surface area contributed by atoms with E-state index in [1.165, 1.54) is 10.5 Å². The van der Waals surface area contributed by atoms with Crippen LogP contribution in [-0.4, -0.2) is 35.0 Å². The van der Waals surface area contributed by atoms with Crippen LogP contribution in [0, 0.1) is 11.8 Å². The third-order valence-electron chi connectivity index (χ3n) is 7.14. The largest absolute Gasteiger partial charge is 0.495 e. The summed E-state index contributed by atoms with van der Waals surface area (Å²) < 4.78 is 6.30. The molecule has 3 aliphatic rings. The standard InChI is InChI=1S/C27H30N2O4/c1-3-18-15-20(4-2)24(32-17-18)23-22-25(33-29(23)21-13-9-6-10-14-21)27(31)28(26(22)30)16-19-11-7-5-8-12-19/h5-14,17,20,22-25H,3-4,15-16H2,1-2H3/t20-,22-,23-,24-,25+/m0/s1. The van der Waals surface area contributed by atoms with Crippen molar-refractivity contribution in [2.24, 2.45) is 11.8 Å². The third kappa shape index (κ3) is 3.82. The molecule has 5 atom stereocenters. The van der Waals surface area contributed by atoms with E-state index in [1.54, 1.807) is 5.06 Å². The number of likely N-dealkylation sites (tertiary alicyclic amines) is 1. The zero-order chi connectivity index (χ0) is 22.9. The van der Waals surface area contributed by atoms with Gasteiger partial charge in [0.1, 0.15) is 18.1 Å². The van der Waals surface area contributed by atoms with Gasteiger partial charge in [0, 0.05) is 5.92 Å². The first-order valence-corrected chi connectivity index (χ1v) is 11.9. The second kappa shape index (κ2) is 9.02. The lowest BCUT2D eigenvalue weighted by Crippen LogP contribution is -2.50. The molecular formula is C27H30N2O4. The molecule has 0 bridgehead atoms. The number of hydroxylamine groups is 1. The highest BCUT2D eigenvalue weighted by molar-refractivity contribution is 6.07. The summed E-state index contributed by atoms with van der Waals surface area (Å²) in [5.74, 6) is -0.807. The van der Waals surface area contributed by atoms with E-state index in [-0.39, 0.29) is 36.4 Å². The number of ether oxygens (including phenoxy) is 1. The first-order chi connectivity index (χ1) is 16.1. The maximum absolute atomic E-state index is 13.7. The molecule has 2 aromatic rings. The Hall–Kier alpha value is -3.12. The summed E-state index contributed by atoms with van der Waals surface area (Å²) in [4.78, 5) is 34.6. The van der Waals surface area contributed by atoms with Gasteiger partial charge in [-0.15, -0.1) is 0 Å². The van der Waals surface area contributed by atoms with Gasteiger partial charge in [-0.25, -0.2) is 5.06 Å². The number of carbonyl (C=O) groups excluding carboxylic acids is 2. The number of hydrogen-bond acceptors (Lipinski definition) is 5. The summed E-state index contributed by atoms with van der Waals surface area (Å²) in [6, 6.07) is 18.9. The van der Waals surface area contributed by atoms with Gasteiger partial charge in [0.25, 0.3) is 5.91 Å². The van der Waals surface area contributed by atoms with E-state index in [2.05, 4.69) is 13.8 Å². The number of fused-ring (bicyclic) bond motifs is 1. The Morgan fingerprint density at radius 1 is 0.939 bits per heavy atom. The third-order valence-corrected chi connectivity index (χ3v) is 7.14. The molecule has 2 aromatic carbocycles. The van der Waals surface area contributed by atoms with Crippen LogP contribution in [0.3, 0.4) is 0 Å². The number of nitrogens with zero attached hydrogens (tertiary/aromatic N) is 2. The molecule has 0 aliphatic carbocycles.